The van der Waals surface area contributed by atoms with E-state index in [0.717, 1.165) is 6.42 Å². The van der Waals surface area contributed by atoms with E-state index >= 15 is 0 Å². The Morgan fingerprint density at radius 2 is 1.55 bits per heavy atom. The van der Waals surface area contributed by atoms with Crippen LogP contribution in [0.5, 0.6) is 0 Å². The van der Waals surface area contributed by atoms with E-state index in [9.17, 15) is 0 Å². The highest BCUT2D eigenvalue weighted by molar-refractivity contribution is 9.09. The van der Waals surface area contributed by atoms with Crippen molar-refractivity contribution >= 4 is 26.7 Å². The number of aryl methyl sites for hydroxylation is 1. The summed E-state index contributed by atoms with van der Waals surface area (Å²) in [5, 5.41) is 2.64. The first-order chi connectivity index (χ1) is 9.74. The molecule has 3 aromatic rings. The smallest absolute Gasteiger partial charge is 0.0441 e. The van der Waals surface area contributed by atoms with Crippen molar-refractivity contribution in [2.75, 3.05) is 0 Å². The van der Waals surface area contributed by atoms with Crippen molar-refractivity contribution in [3.05, 3.63) is 83.4 Å². The maximum absolute atomic E-state index is 3.86. The summed E-state index contributed by atoms with van der Waals surface area (Å²) < 4.78 is 0. The van der Waals surface area contributed by atoms with Gasteiger partial charge in [0.1, 0.15) is 0 Å². The van der Waals surface area contributed by atoms with E-state index < -0.39 is 0 Å². The normalized spacial score (nSPS) is 12.5. The molecule has 0 amide bonds. The molecule has 100 valence electrons. The van der Waals surface area contributed by atoms with Gasteiger partial charge in [-0.25, -0.2) is 0 Å². The molecule has 3 aromatic carbocycles. The van der Waals surface area contributed by atoms with E-state index in [2.05, 4.69) is 89.6 Å². The number of halogens is 1. The Labute approximate surface area is 128 Å². The van der Waals surface area contributed by atoms with Crippen molar-refractivity contribution in [2.45, 2.75) is 18.2 Å². The zero-order chi connectivity index (χ0) is 13.9. The molecule has 0 heterocycles. The zero-order valence-electron chi connectivity index (χ0n) is 11.5. The molecular formula is C19H17Br. The molecule has 0 aliphatic rings. The number of hydrogen-bond donors (Lipinski definition) is 0. The summed E-state index contributed by atoms with van der Waals surface area (Å²) in [4.78, 5) is 0.344. The summed E-state index contributed by atoms with van der Waals surface area (Å²) in [6.07, 6.45) is 1.01. The summed E-state index contributed by atoms with van der Waals surface area (Å²) in [5.41, 5.74) is 4.04. The molecule has 0 spiro atoms. The van der Waals surface area contributed by atoms with Crippen LogP contribution in [0, 0.1) is 6.92 Å². The summed E-state index contributed by atoms with van der Waals surface area (Å²) in [6.45, 7) is 2.13. The lowest BCUT2D eigenvalue weighted by Crippen LogP contribution is -1.96. The van der Waals surface area contributed by atoms with Gasteiger partial charge >= 0.3 is 0 Å². The van der Waals surface area contributed by atoms with Gasteiger partial charge in [-0.1, -0.05) is 88.2 Å². The molecule has 0 saturated carbocycles. The van der Waals surface area contributed by atoms with Crippen molar-refractivity contribution in [1.82, 2.24) is 0 Å². The Morgan fingerprint density at radius 3 is 2.35 bits per heavy atom. The SMILES string of the molecule is Cc1ccc(CC(Br)c2cccc3ccccc23)cc1. The number of benzene rings is 3. The minimum absolute atomic E-state index is 0.344. The second kappa shape index (κ2) is 5.80. The van der Waals surface area contributed by atoms with Crippen molar-refractivity contribution in [2.24, 2.45) is 0 Å². The first kappa shape index (κ1) is 13.4. The number of rotatable bonds is 3. The molecule has 1 atom stereocenters. The second-order valence-electron chi connectivity index (χ2n) is 5.23. The molecule has 3 rings (SSSR count). The Bertz CT molecular complexity index is 708. The summed E-state index contributed by atoms with van der Waals surface area (Å²) in [5.74, 6) is 0. The van der Waals surface area contributed by atoms with E-state index in [1.165, 1.54) is 27.5 Å². The van der Waals surface area contributed by atoms with Crippen LogP contribution in [0.3, 0.4) is 0 Å². The average Bonchev–Trinajstić information content (AvgIpc) is 2.49. The summed E-state index contributed by atoms with van der Waals surface area (Å²) >= 11 is 3.86. The number of hydrogen-bond acceptors (Lipinski definition) is 0. The van der Waals surface area contributed by atoms with Gasteiger partial charge in [-0.05, 0) is 35.2 Å². The number of alkyl halides is 1. The molecule has 20 heavy (non-hydrogen) atoms. The predicted octanol–water partition coefficient (Wildman–Crippen LogP) is 5.83. The maximum Gasteiger partial charge on any atom is 0.0441 e. The molecule has 0 aliphatic heterocycles. The summed E-state index contributed by atoms with van der Waals surface area (Å²) in [7, 11) is 0. The Hall–Kier alpha value is -1.60. The molecule has 0 radical (unpaired) electrons. The van der Waals surface area contributed by atoms with Crippen molar-refractivity contribution in [1.29, 1.82) is 0 Å². The lowest BCUT2D eigenvalue weighted by atomic mass is 9.98. The fourth-order valence-corrected chi connectivity index (χ4v) is 3.34. The van der Waals surface area contributed by atoms with Crippen molar-refractivity contribution < 1.29 is 0 Å². The van der Waals surface area contributed by atoms with Crippen LogP contribution in [0.1, 0.15) is 21.5 Å². The number of fused-ring (bicyclic) bond motifs is 1. The van der Waals surface area contributed by atoms with Gasteiger partial charge in [0, 0.05) is 4.83 Å². The van der Waals surface area contributed by atoms with Crippen LogP contribution in [-0.2, 0) is 6.42 Å². The standard InChI is InChI=1S/C19H17Br/c1-14-9-11-15(12-10-14)13-19(20)18-8-4-6-16-5-2-3-7-17(16)18/h2-12,19H,13H2,1H3. The van der Waals surface area contributed by atoms with Crippen LogP contribution in [0.25, 0.3) is 10.8 Å². The third kappa shape index (κ3) is 2.78. The fourth-order valence-electron chi connectivity index (χ4n) is 2.56. The molecular weight excluding hydrogens is 308 g/mol. The lowest BCUT2D eigenvalue weighted by Gasteiger charge is -2.13. The highest BCUT2D eigenvalue weighted by Gasteiger charge is 2.11. The van der Waals surface area contributed by atoms with Gasteiger partial charge in [0.05, 0.1) is 0 Å². The van der Waals surface area contributed by atoms with Crippen LogP contribution in [0.15, 0.2) is 66.7 Å². The van der Waals surface area contributed by atoms with Crippen LogP contribution >= 0.6 is 15.9 Å². The molecule has 1 unspecified atom stereocenters. The molecule has 1 heteroatoms. The average molecular weight is 325 g/mol. The topological polar surface area (TPSA) is 0 Å². The van der Waals surface area contributed by atoms with E-state index in [1.807, 2.05) is 0 Å². The van der Waals surface area contributed by atoms with Gasteiger partial charge in [0.25, 0.3) is 0 Å². The van der Waals surface area contributed by atoms with Crippen molar-refractivity contribution in [3.8, 4) is 0 Å². The van der Waals surface area contributed by atoms with Crippen LogP contribution in [0.2, 0.25) is 0 Å². The van der Waals surface area contributed by atoms with Crippen LogP contribution < -0.4 is 0 Å². The van der Waals surface area contributed by atoms with Gasteiger partial charge < -0.3 is 0 Å². The van der Waals surface area contributed by atoms with E-state index in [-0.39, 0.29) is 0 Å². The molecule has 0 fully saturated rings. The quantitative estimate of drug-likeness (QED) is 0.532. The second-order valence-corrected chi connectivity index (χ2v) is 6.33. The molecule has 0 N–H and O–H groups in total. The first-order valence-corrected chi connectivity index (χ1v) is 7.83. The van der Waals surface area contributed by atoms with Crippen molar-refractivity contribution in [3.63, 3.8) is 0 Å². The molecule has 0 saturated heterocycles. The summed E-state index contributed by atoms with van der Waals surface area (Å²) in [6, 6.07) is 23.9. The first-order valence-electron chi connectivity index (χ1n) is 6.91. The van der Waals surface area contributed by atoms with E-state index in [4.69, 9.17) is 0 Å². The molecule has 0 aliphatic carbocycles. The highest BCUT2D eigenvalue weighted by Crippen LogP contribution is 2.32. The third-order valence-corrected chi connectivity index (χ3v) is 4.51. The predicted molar refractivity (Wildman–Crippen MR) is 90.5 cm³/mol. The molecule has 0 aromatic heterocycles. The van der Waals surface area contributed by atoms with E-state index in [0.29, 0.717) is 4.83 Å². The van der Waals surface area contributed by atoms with Gasteiger partial charge in [-0.2, -0.15) is 0 Å². The van der Waals surface area contributed by atoms with Gasteiger partial charge in [0.15, 0.2) is 0 Å². The zero-order valence-corrected chi connectivity index (χ0v) is 13.1. The van der Waals surface area contributed by atoms with Gasteiger partial charge in [0.2, 0.25) is 0 Å². The monoisotopic (exact) mass is 324 g/mol. The minimum Gasteiger partial charge on any atom is -0.0835 e. The Balaban J connectivity index is 1.92. The fraction of sp³-hybridized carbons (Fsp3) is 0.158. The Morgan fingerprint density at radius 1 is 0.850 bits per heavy atom. The Kier molecular flexibility index (Phi) is 3.88. The van der Waals surface area contributed by atoms with E-state index in [1.54, 1.807) is 0 Å². The van der Waals surface area contributed by atoms with Gasteiger partial charge in [-0.3, -0.25) is 0 Å². The third-order valence-electron chi connectivity index (χ3n) is 3.70. The lowest BCUT2D eigenvalue weighted by molar-refractivity contribution is 0.957. The maximum atomic E-state index is 3.86. The minimum atomic E-state index is 0.344. The van der Waals surface area contributed by atoms with Crippen LogP contribution in [0.4, 0.5) is 0 Å². The largest absolute Gasteiger partial charge is 0.0835 e. The van der Waals surface area contributed by atoms with Crippen LogP contribution in [-0.4, -0.2) is 0 Å². The molecule has 0 bridgehead atoms. The molecule has 0 nitrogen and oxygen atoms in total. The highest BCUT2D eigenvalue weighted by atomic mass is 79.9. The van der Waals surface area contributed by atoms with Gasteiger partial charge in [-0.15, -0.1) is 0 Å².